The second kappa shape index (κ2) is 6.78. The molecule has 3 nitrogen and oxygen atoms in total. The van der Waals surface area contributed by atoms with Crippen LogP contribution in [0, 0.1) is 5.92 Å². The van der Waals surface area contributed by atoms with E-state index in [4.69, 9.17) is 14.2 Å². The SMILES string of the molecule is COc1cc([C@H]2C[C@H]2/C=C\c2ccccc2)cc(OC)c1OC. The zero-order valence-corrected chi connectivity index (χ0v) is 13.8. The molecular formula is C20H22O3. The Bertz CT molecular complexity index is 666. The van der Waals surface area contributed by atoms with Crippen LogP contribution in [0.15, 0.2) is 48.5 Å². The van der Waals surface area contributed by atoms with Crippen molar-refractivity contribution in [1.82, 2.24) is 0 Å². The molecule has 1 aliphatic carbocycles. The first-order valence-corrected chi connectivity index (χ1v) is 7.80. The fraction of sp³-hybridized carbons (Fsp3) is 0.300. The number of benzene rings is 2. The van der Waals surface area contributed by atoms with Crippen LogP contribution in [-0.2, 0) is 0 Å². The molecule has 1 aliphatic rings. The molecule has 0 saturated heterocycles. The van der Waals surface area contributed by atoms with E-state index in [0.717, 1.165) is 17.9 Å². The van der Waals surface area contributed by atoms with E-state index in [1.54, 1.807) is 21.3 Å². The third-order valence-electron chi connectivity index (χ3n) is 4.29. The summed E-state index contributed by atoms with van der Waals surface area (Å²) in [5.41, 5.74) is 2.48. The van der Waals surface area contributed by atoms with Gasteiger partial charge in [-0.3, -0.25) is 0 Å². The van der Waals surface area contributed by atoms with Crippen LogP contribution in [0.1, 0.15) is 23.5 Å². The minimum atomic E-state index is 0.517. The number of hydrogen-bond acceptors (Lipinski definition) is 3. The molecular weight excluding hydrogens is 288 g/mol. The van der Waals surface area contributed by atoms with E-state index < -0.39 is 0 Å². The lowest BCUT2D eigenvalue weighted by atomic mass is 10.1. The van der Waals surface area contributed by atoms with E-state index in [-0.39, 0.29) is 0 Å². The van der Waals surface area contributed by atoms with Crippen molar-refractivity contribution in [3.63, 3.8) is 0 Å². The van der Waals surface area contributed by atoms with Gasteiger partial charge in [0.25, 0.3) is 0 Å². The molecule has 2 aromatic rings. The maximum atomic E-state index is 5.44. The first kappa shape index (κ1) is 15.5. The zero-order chi connectivity index (χ0) is 16.2. The number of hydrogen-bond donors (Lipinski definition) is 0. The summed E-state index contributed by atoms with van der Waals surface area (Å²) in [6, 6.07) is 14.5. The van der Waals surface area contributed by atoms with Crippen molar-refractivity contribution in [2.45, 2.75) is 12.3 Å². The van der Waals surface area contributed by atoms with Gasteiger partial charge in [-0.2, -0.15) is 0 Å². The van der Waals surface area contributed by atoms with Gasteiger partial charge in [-0.25, -0.2) is 0 Å². The Morgan fingerprint density at radius 1 is 0.913 bits per heavy atom. The molecule has 0 spiro atoms. The average Bonchev–Trinajstić information content (AvgIpc) is 3.39. The average molecular weight is 310 g/mol. The monoisotopic (exact) mass is 310 g/mol. The molecule has 3 rings (SSSR count). The van der Waals surface area contributed by atoms with E-state index >= 15 is 0 Å². The van der Waals surface area contributed by atoms with E-state index in [0.29, 0.717) is 17.6 Å². The van der Waals surface area contributed by atoms with Crippen molar-refractivity contribution < 1.29 is 14.2 Å². The van der Waals surface area contributed by atoms with Crippen molar-refractivity contribution in [3.05, 3.63) is 59.7 Å². The van der Waals surface area contributed by atoms with Crippen molar-refractivity contribution >= 4 is 6.08 Å². The van der Waals surface area contributed by atoms with Crippen molar-refractivity contribution in [1.29, 1.82) is 0 Å². The number of methoxy groups -OCH3 is 3. The fourth-order valence-corrected chi connectivity index (χ4v) is 2.92. The summed E-state index contributed by atoms with van der Waals surface area (Å²) in [6.07, 6.45) is 5.65. The van der Waals surface area contributed by atoms with Gasteiger partial charge in [0.05, 0.1) is 21.3 Å². The Balaban J connectivity index is 1.77. The van der Waals surface area contributed by atoms with Crippen molar-refractivity contribution in [2.24, 2.45) is 5.92 Å². The molecule has 0 bridgehead atoms. The second-order valence-electron chi connectivity index (χ2n) is 5.73. The van der Waals surface area contributed by atoms with Crippen LogP contribution in [0.4, 0.5) is 0 Å². The maximum Gasteiger partial charge on any atom is 0.203 e. The van der Waals surface area contributed by atoms with Crippen molar-refractivity contribution in [3.8, 4) is 17.2 Å². The minimum Gasteiger partial charge on any atom is -0.493 e. The van der Waals surface area contributed by atoms with Gasteiger partial charge >= 0.3 is 0 Å². The highest BCUT2D eigenvalue weighted by molar-refractivity contribution is 5.56. The molecule has 0 aliphatic heterocycles. The second-order valence-corrected chi connectivity index (χ2v) is 5.73. The van der Waals surface area contributed by atoms with Crippen LogP contribution >= 0.6 is 0 Å². The highest BCUT2D eigenvalue weighted by atomic mass is 16.5. The molecule has 1 saturated carbocycles. The summed E-state index contributed by atoms with van der Waals surface area (Å²) >= 11 is 0. The minimum absolute atomic E-state index is 0.517. The van der Waals surface area contributed by atoms with E-state index in [1.807, 2.05) is 6.07 Å². The standard InChI is InChI=1S/C20H22O3/c1-21-18-12-16(13-19(22-2)20(18)23-3)17-11-15(17)10-9-14-7-5-4-6-8-14/h4-10,12-13,15,17H,11H2,1-3H3/b10-9-/t15-,17+/m1/s1. The smallest absolute Gasteiger partial charge is 0.203 e. The molecule has 0 unspecified atom stereocenters. The molecule has 0 radical (unpaired) electrons. The third kappa shape index (κ3) is 3.34. The van der Waals surface area contributed by atoms with Crippen LogP contribution in [0.5, 0.6) is 17.2 Å². The Morgan fingerprint density at radius 2 is 1.57 bits per heavy atom. The van der Waals surface area contributed by atoms with Crippen molar-refractivity contribution in [2.75, 3.05) is 21.3 Å². The lowest BCUT2D eigenvalue weighted by Gasteiger charge is -2.14. The lowest BCUT2D eigenvalue weighted by Crippen LogP contribution is -1.96. The number of rotatable bonds is 6. The number of allylic oxidation sites excluding steroid dienone is 1. The molecule has 2 aromatic carbocycles. The first-order chi connectivity index (χ1) is 11.3. The lowest BCUT2D eigenvalue weighted by molar-refractivity contribution is 0.324. The molecule has 120 valence electrons. The normalized spacial score (nSPS) is 19.6. The zero-order valence-electron chi connectivity index (χ0n) is 13.8. The number of ether oxygens (including phenoxy) is 3. The van der Waals surface area contributed by atoms with Gasteiger partial charge in [0.1, 0.15) is 0 Å². The summed E-state index contributed by atoms with van der Waals surface area (Å²) in [6.45, 7) is 0. The molecule has 0 amide bonds. The maximum absolute atomic E-state index is 5.44. The molecule has 2 atom stereocenters. The predicted molar refractivity (Wildman–Crippen MR) is 92.4 cm³/mol. The van der Waals surface area contributed by atoms with Crippen LogP contribution in [0.3, 0.4) is 0 Å². The molecule has 0 heterocycles. The Labute approximate surface area is 137 Å². The topological polar surface area (TPSA) is 27.7 Å². The van der Waals surface area contributed by atoms with Gasteiger partial charge in [0, 0.05) is 0 Å². The van der Waals surface area contributed by atoms with Crippen LogP contribution in [-0.4, -0.2) is 21.3 Å². The largest absolute Gasteiger partial charge is 0.493 e. The van der Waals surface area contributed by atoms with Gasteiger partial charge in [-0.1, -0.05) is 42.5 Å². The van der Waals surface area contributed by atoms with Crippen LogP contribution in [0.2, 0.25) is 0 Å². The van der Waals surface area contributed by atoms with E-state index in [2.05, 4.69) is 48.6 Å². The summed E-state index contributed by atoms with van der Waals surface area (Å²) < 4.78 is 16.3. The molecule has 23 heavy (non-hydrogen) atoms. The van der Waals surface area contributed by atoms with Gasteiger partial charge in [0.15, 0.2) is 11.5 Å². The quantitative estimate of drug-likeness (QED) is 0.784. The molecule has 0 N–H and O–H groups in total. The van der Waals surface area contributed by atoms with Crippen LogP contribution < -0.4 is 14.2 Å². The predicted octanol–water partition coefficient (Wildman–Crippen LogP) is 4.53. The summed E-state index contributed by atoms with van der Waals surface area (Å²) in [5.74, 6) is 3.18. The fourth-order valence-electron chi connectivity index (χ4n) is 2.92. The van der Waals surface area contributed by atoms with E-state index in [1.165, 1.54) is 11.1 Å². The highest BCUT2D eigenvalue weighted by Crippen LogP contribution is 2.52. The third-order valence-corrected chi connectivity index (χ3v) is 4.29. The molecule has 0 aromatic heterocycles. The molecule has 1 fully saturated rings. The highest BCUT2D eigenvalue weighted by Gasteiger charge is 2.37. The molecule has 3 heteroatoms. The van der Waals surface area contributed by atoms with Gasteiger partial charge in [0.2, 0.25) is 5.75 Å². The summed E-state index contributed by atoms with van der Waals surface area (Å²) in [7, 11) is 4.93. The first-order valence-electron chi connectivity index (χ1n) is 7.80. The summed E-state index contributed by atoms with van der Waals surface area (Å²) in [4.78, 5) is 0. The van der Waals surface area contributed by atoms with Gasteiger partial charge in [-0.15, -0.1) is 0 Å². The van der Waals surface area contributed by atoms with Gasteiger partial charge in [-0.05, 0) is 41.5 Å². The Hall–Kier alpha value is -2.42. The van der Waals surface area contributed by atoms with Crippen LogP contribution in [0.25, 0.3) is 6.08 Å². The Morgan fingerprint density at radius 3 is 2.13 bits per heavy atom. The summed E-state index contributed by atoms with van der Waals surface area (Å²) in [5, 5.41) is 0. The Kier molecular flexibility index (Phi) is 4.56. The van der Waals surface area contributed by atoms with E-state index in [9.17, 15) is 0 Å². The van der Waals surface area contributed by atoms with Gasteiger partial charge < -0.3 is 14.2 Å².